The number of hydrogen-bond donors (Lipinski definition) is 2. The zero-order chi connectivity index (χ0) is 12.8. The van der Waals surface area contributed by atoms with Crippen LogP contribution in [-0.4, -0.2) is 31.2 Å². The number of nitrogens with one attached hydrogen (secondary N) is 2. The summed E-state index contributed by atoms with van der Waals surface area (Å²) in [6.45, 7) is 6.29. The van der Waals surface area contributed by atoms with E-state index in [-0.39, 0.29) is 16.9 Å². The van der Waals surface area contributed by atoms with Gasteiger partial charge in [-0.2, -0.15) is 0 Å². The van der Waals surface area contributed by atoms with Gasteiger partial charge in [-0.05, 0) is 29.1 Å². The molecule has 1 aromatic heterocycles. The van der Waals surface area contributed by atoms with Crippen LogP contribution in [0, 0.1) is 5.92 Å². The number of aromatic nitrogens is 4. The molecule has 0 fully saturated rings. The predicted molar refractivity (Wildman–Crippen MR) is 67.3 cm³/mol. The van der Waals surface area contributed by atoms with Crippen molar-refractivity contribution in [3.8, 4) is 0 Å². The topological polar surface area (TPSA) is 84.7 Å². The molecular formula is C9H16N6OS. The maximum atomic E-state index is 11.4. The Balaban J connectivity index is 2.56. The zero-order valence-electron chi connectivity index (χ0n) is 10.1. The average molecular weight is 256 g/mol. The first-order valence-corrected chi connectivity index (χ1v) is 5.83. The molecule has 1 amide bonds. The Kier molecular flexibility index (Phi) is 4.95. The third-order valence-electron chi connectivity index (χ3n) is 1.95. The number of anilines is 1. The first-order chi connectivity index (χ1) is 8.04. The number of hydrogen-bond acceptors (Lipinski definition) is 5. The number of tetrazole rings is 1. The van der Waals surface area contributed by atoms with Crippen LogP contribution in [0.3, 0.4) is 0 Å². The first-order valence-electron chi connectivity index (χ1n) is 5.42. The summed E-state index contributed by atoms with van der Waals surface area (Å²) in [5.41, 5.74) is 0. The van der Waals surface area contributed by atoms with Gasteiger partial charge in [0.05, 0.1) is 0 Å². The molecule has 0 radical (unpaired) electrons. The van der Waals surface area contributed by atoms with E-state index in [0.717, 1.165) is 6.42 Å². The molecule has 0 aliphatic heterocycles. The number of nitrogens with zero attached hydrogens (tertiary/aromatic N) is 4. The largest absolute Gasteiger partial charge is 0.303 e. The van der Waals surface area contributed by atoms with Crippen LogP contribution in [0.25, 0.3) is 0 Å². The van der Waals surface area contributed by atoms with Crippen molar-refractivity contribution in [2.24, 2.45) is 5.92 Å². The summed E-state index contributed by atoms with van der Waals surface area (Å²) in [5.74, 6) is 0.166. The minimum Gasteiger partial charge on any atom is -0.303 e. The smallest absolute Gasteiger partial charge is 0.249 e. The van der Waals surface area contributed by atoms with Crippen molar-refractivity contribution in [1.82, 2.24) is 25.5 Å². The van der Waals surface area contributed by atoms with E-state index in [4.69, 9.17) is 12.2 Å². The summed E-state index contributed by atoms with van der Waals surface area (Å²) in [5, 5.41) is 16.7. The summed E-state index contributed by atoms with van der Waals surface area (Å²) in [6, 6.07) is 0. The maximum absolute atomic E-state index is 11.4. The molecule has 2 N–H and O–H groups in total. The van der Waals surface area contributed by atoms with Crippen LogP contribution in [0.4, 0.5) is 5.95 Å². The lowest BCUT2D eigenvalue weighted by Crippen LogP contribution is -2.37. The lowest BCUT2D eigenvalue weighted by Gasteiger charge is -2.10. The van der Waals surface area contributed by atoms with Gasteiger partial charge in [0.15, 0.2) is 5.11 Å². The second kappa shape index (κ2) is 6.24. The van der Waals surface area contributed by atoms with Crippen LogP contribution in [-0.2, 0) is 11.3 Å². The molecule has 1 aromatic rings. The third-order valence-corrected chi connectivity index (χ3v) is 2.16. The number of aryl methyl sites for hydroxylation is 1. The van der Waals surface area contributed by atoms with Gasteiger partial charge in [0, 0.05) is 12.5 Å². The van der Waals surface area contributed by atoms with Crippen molar-refractivity contribution >= 4 is 29.2 Å². The van der Waals surface area contributed by atoms with Crippen LogP contribution in [0.5, 0.6) is 0 Å². The highest BCUT2D eigenvalue weighted by atomic mass is 32.1. The molecule has 0 aromatic carbocycles. The molecular weight excluding hydrogens is 240 g/mol. The SMILES string of the molecule is CCCn1nnnc1NC(=S)NC(=O)C(C)C. The fraction of sp³-hybridized carbons (Fsp3) is 0.667. The fourth-order valence-corrected chi connectivity index (χ4v) is 1.24. The van der Waals surface area contributed by atoms with E-state index < -0.39 is 0 Å². The summed E-state index contributed by atoms with van der Waals surface area (Å²) in [6.07, 6.45) is 0.908. The van der Waals surface area contributed by atoms with Gasteiger partial charge >= 0.3 is 0 Å². The van der Waals surface area contributed by atoms with E-state index in [1.165, 1.54) is 0 Å². The van der Waals surface area contributed by atoms with Gasteiger partial charge in [0.1, 0.15) is 0 Å². The minimum atomic E-state index is -0.142. The van der Waals surface area contributed by atoms with Crippen LogP contribution < -0.4 is 10.6 Å². The second-order valence-corrected chi connectivity index (χ2v) is 4.23. The molecule has 1 heterocycles. The maximum Gasteiger partial charge on any atom is 0.249 e. The fourth-order valence-electron chi connectivity index (χ4n) is 1.05. The van der Waals surface area contributed by atoms with Crippen LogP contribution >= 0.6 is 12.2 Å². The van der Waals surface area contributed by atoms with Gasteiger partial charge in [-0.3, -0.25) is 10.1 Å². The number of carbonyl (C=O) groups is 1. The molecule has 0 unspecified atom stereocenters. The summed E-state index contributed by atoms with van der Waals surface area (Å²) in [7, 11) is 0. The highest BCUT2D eigenvalue weighted by Crippen LogP contribution is 2.00. The van der Waals surface area contributed by atoms with Crippen LogP contribution in [0.1, 0.15) is 27.2 Å². The number of thiocarbonyl (C=S) groups is 1. The molecule has 0 saturated carbocycles. The molecule has 0 atom stereocenters. The predicted octanol–water partition coefficient (Wildman–Crippen LogP) is 0.552. The van der Waals surface area contributed by atoms with E-state index >= 15 is 0 Å². The van der Waals surface area contributed by atoms with Crippen molar-refractivity contribution in [2.75, 3.05) is 5.32 Å². The first kappa shape index (κ1) is 13.5. The zero-order valence-corrected chi connectivity index (χ0v) is 10.9. The van der Waals surface area contributed by atoms with E-state index in [1.807, 2.05) is 6.92 Å². The molecule has 8 heteroatoms. The summed E-state index contributed by atoms with van der Waals surface area (Å²) >= 11 is 4.99. The van der Waals surface area contributed by atoms with Gasteiger partial charge in [0.2, 0.25) is 11.9 Å². The van der Waals surface area contributed by atoms with Gasteiger partial charge < -0.3 is 5.32 Å². The average Bonchev–Trinajstić information content (AvgIpc) is 2.66. The normalized spacial score (nSPS) is 10.4. The van der Waals surface area contributed by atoms with Crippen LogP contribution in [0.2, 0.25) is 0 Å². The van der Waals surface area contributed by atoms with Crippen molar-refractivity contribution in [2.45, 2.75) is 33.7 Å². The summed E-state index contributed by atoms with van der Waals surface area (Å²) < 4.78 is 1.59. The van der Waals surface area contributed by atoms with E-state index in [0.29, 0.717) is 12.5 Å². The molecule has 94 valence electrons. The van der Waals surface area contributed by atoms with Gasteiger partial charge in [-0.1, -0.05) is 25.9 Å². The molecule has 7 nitrogen and oxygen atoms in total. The van der Waals surface area contributed by atoms with Gasteiger partial charge in [-0.15, -0.1) is 0 Å². The van der Waals surface area contributed by atoms with E-state index in [2.05, 4.69) is 26.2 Å². The highest BCUT2D eigenvalue weighted by molar-refractivity contribution is 7.80. The highest BCUT2D eigenvalue weighted by Gasteiger charge is 2.11. The van der Waals surface area contributed by atoms with Gasteiger partial charge in [0.25, 0.3) is 0 Å². The van der Waals surface area contributed by atoms with Crippen molar-refractivity contribution in [3.63, 3.8) is 0 Å². The standard InChI is InChI=1S/C9H16N6OS/c1-4-5-15-8(12-13-14-15)11-9(17)10-7(16)6(2)3/h6H,4-5H2,1-3H3,(H2,10,11,12,14,16,17). The molecule has 17 heavy (non-hydrogen) atoms. The van der Waals surface area contributed by atoms with Crippen molar-refractivity contribution in [1.29, 1.82) is 0 Å². The molecule has 0 aliphatic rings. The Bertz CT molecular complexity index is 402. The Labute approximate surface area is 105 Å². The monoisotopic (exact) mass is 256 g/mol. The lowest BCUT2D eigenvalue weighted by molar-refractivity contribution is -0.122. The molecule has 0 saturated heterocycles. The minimum absolute atomic E-state index is 0.124. The number of carbonyl (C=O) groups excluding carboxylic acids is 1. The molecule has 0 aliphatic carbocycles. The number of amides is 1. The van der Waals surface area contributed by atoms with E-state index in [1.54, 1.807) is 18.5 Å². The lowest BCUT2D eigenvalue weighted by atomic mass is 10.2. The Hall–Kier alpha value is -1.57. The second-order valence-electron chi connectivity index (χ2n) is 3.82. The summed E-state index contributed by atoms with van der Waals surface area (Å²) in [4.78, 5) is 11.4. The Morgan fingerprint density at radius 3 is 2.82 bits per heavy atom. The molecule has 0 bridgehead atoms. The van der Waals surface area contributed by atoms with E-state index in [9.17, 15) is 4.79 Å². The van der Waals surface area contributed by atoms with Gasteiger partial charge in [-0.25, -0.2) is 4.68 Å². The Morgan fingerprint density at radius 1 is 1.53 bits per heavy atom. The van der Waals surface area contributed by atoms with Crippen LogP contribution in [0.15, 0.2) is 0 Å². The van der Waals surface area contributed by atoms with Crippen molar-refractivity contribution in [3.05, 3.63) is 0 Å². The molecule has 1 rings (SSSR count). The van der Waals surface area contributed by atoms with Crippen molar-refractivity contribution < 1.29 is 4.79 Å². The number of rotatable bonds is 4. The Morgan fingerprint density at radius 2 is 2.24 bits per heavy atom. The quantitative estimate of drug-likeness (QED) is 0.765. The third kappa shape index (κ3) is 4.06. The molecule has 0 spiro atoms.